The summed E-state index contributed by atoms with van der Waals surface area (Å²) in [6.45, 7) is 0.876. The van der Waals surface area contributed by atoms with E-state index >= 15 is 0 Å². The fourth-order valence-corrected chi connectivity index (χ4v) is 3.18. The van der Waals surface area contributed by atoms with E-state index in [1.54, 1.807) is 24.5 Å². The van der Waals surface area contributed by atoms with Gasteiger partial charge >= 0.3 is 0 Å². The fraction of sp³-hybridized carbons (Fsp3) is 0.263. The van der Waals surface area contributed by atoms with Crippen LogP contribution in [-0.2, 0) is 16.1 Å². The Balaban J connectivity index is 1.42. The number of carbonyl (C=O) groups excluding carboxylic acids is 2. The number of carbonyl (C=O) groups is 2. The molecule has 0 aliphatic carbocycles. The van der Waals surface area contributed by atoms with E-state index in [0.29, 0.717) is 13.1 Å². The first kappa shape index (κ1) is 16.3. The van der Waals surface area contributed by atoms with Gasteiger partial charge in [-0.2, -0.15) is 0 Å². The molecule has 1 aromatic carbocycles. The minimum atomic E-state index is -0.267. The molecular formula is C19H19N5O2. The molecule has 1 fully saturated rings. The number of para-hydroxylation sites is 2. The molecule has 0 spiro atoms. The molecule has 1 N–H and O–H groups in total. The van der Waals surface area contributed by atoms with Crippen LogP contribution < -0.4 is 5.32 Å². The highest BCUT2D eigenvalue weighted by molar-refractivity contribution is 5.89. The summed E-state index contributed by atoms with van der Waals surface area (Å²) in [6, 6.07) is 11.7. The lowest BCUT2D eigenvalue weighted by molar-refractivity contribution is -0.128. The third-order valence-corrected chi connectivity index (χ3v) is 4.69. The second kappa shape index (κ2) is 6.59. The van der Waals surface area contributed by atoms with Crippen molar-refractivity contribution < 1.29 is 9.59 Å². The molecule has 1 saturated heterocycles. The summed E-state index contributed by atoms with van der Waals surface area (Å²) >= 11 is 0. The standard InChI is InChI=1S/C19H19N5O2/c1-23-11-14(8-18(23)25)19(26)21-10-13-6-7-17(20-9-13)24-12-22-15-4-2-3-5-16(15)24/h2-7,9,12,14H,8,10-11H2,1H3,(H,21,26)/t14-/m0/s1. The summed E-state index contributed by atoms with van der Waals surface area (Å²) in [6.07, 6.45) is 3.78. The van der Waals surface area contributed by atoms with Crippen molar-refractivity contribution in [3.05, 3.63) is 54.5 Å². The summed E-state index contributed by atoms with van der Waals surface area (Å²) in [5, 5.41) is 2.89. The van der Waals surface area contributed by atoms with Gasteiger partial charge in [0, 0.05) is 32.8 Å². The van der Waals surface area contributed by atoms with Gasteiger partial charge in [0.05, 0.1) is 17.0 Å². The van der Waals surface area contributed by atoms with Crippen molar-refractivity contribution in [2.45, 2.75) is 13.0 Å². The van der Waals surface area contributed by atoms with Gasteiger partial charge in [-0.05, 0) is 23.8 Å². The van der Waals surface area contributed by atoms with Gasteiger partial charge in [0.15, 0.2) is 0 Å². The quantitative estimate of drug-likeness (QED) is 0.774. The molecule has 132 valence electrons. The first-order chi connectivity index (χ1) is 12.6. The second-order valence-electron chi connectivity index (χ2n) is 6.52. The lowest BCUT2D eigenvalue weighted by atomic mass is 10.1. The molecular weight excluding hydrogens is 330 g/mol. The van der Waals surface area contributed by atoms with Crippen LogP contribution in [0.2, 0.25) is 0 Å². The van der Waals surface area contributed by atoms with Gasteiger partial charge in [-0.25, -0.2) is 9.97 Å². The third-order valence-electron chi connectivity index (χ3n) is 4.69. The average molecular weight is 349 g/mol. The zero-order valence-corrected chi connectivity index (χ0v) is 14.4. The number of nitrogens with one attached hydrogen (secondary N) is 1. The van der Waals surface area contributed by atoms with E-state index in [1.165, 1.54) is 0 Å². The molecule has 2 aromatic heterocycles. The normalized spacial score (nSPS) is 17.0. The predicted molar refractivity (Wildman–Crippen MR) is 96.5 cm³/mol. The zero-order valence-electron chi connectivity index (χ0n) is 14.4. The number of hydrogen-bond acceptors (Lipinski definition) is 4. The van der Waals surface area contributed by atoms with Crippen LogP contribution in [0.3, 0.4) is 0 Å². The number of nitrogens with zero attached hydrogens (tertiary/aromatic N) is 4. The number of fused-ring (bicyclic) bond motifs is 1. The number of aromatic nitrogens is 3. The van der Waals surface area contributed by atoms with E-state index in [9.17, 15) is 9.59 Å². The van der Waals surface area contributed by atoms with Gasteiger partial charge in [0.1, 0.15) is 12.1 Å². The molecule has 0 saturated carbocycles. The molecule has 7 nitrogen and oxygen atoms in total. The summed E-state index contributed by atoms with van der Waals surface area (Å²) in [5.74, 6) is 0.435. The van der Waals surface area contributed by atoms with Crippen molar-refractivity contribution in [1.29, 1.82) is 0 Å². The van der Waals surface area contributed by atoms with E-state index < -0.39 is 0 Å². The van der Waals surface area contributed by atoms with Crippen LogP contribution in [0.1, 0.15) is 12.0 Å². The minimum absolute atomic E-state index is 0.0173. The number of imidazole rings is 1. The maximum atomic E-state index is 12.2. The van der Waals surface area contributed by atoms with E-state index in [0.717, 1.165) is 22.4 Å². The number of benzene rings is 1. The Morgan fingerprint density at radius 3 is 2.81 bits per heavy atom. The van der Waals surface area contributed by atoms with E-state index in [1.807, 2.05) is 41.0 Å². The summed E-state index contributed by atoms with van der Waals surface area (Å²) in [4.78, 5) is 34.2. The maximum absolute atomic E-state index is 12.2. The van der Waals surface area contributed by atoms with Gasteiger partial charge in [0.2, 0.25) is 11.8 Å². The van der Waals surface area contributed by atoms with Crippen molar-refractivity contribution in [2.24, 2.45) is 5.92 Å². The molecule has 7 heteroatoms. The molecule has 1 aliphatic heterocycles. The third kappa shape index (κ3) is 3.03. The lowest BCUT2D eigenvalue weighted by Crippen LogP contribution is -2.31. The molecule has 3 aromatic rings. The molecule has 0 unspecified atom stereocenters. The molecule has 1 aliphatic rings. The Morgan fingerprint density at radius 1 is 1.23 bits per heavy atom. The number of amides is 2. The van der Waals surface area contributed by atoms with Crippen LogP contribution in [0.4, 0.5) is 0 Å². The van der Waals surface area contributed by atoms with E-state index in [2.05, 4.69) is 15.3 Å². The Morgan fingerprint density at radius 2 is 2.08 bits per heavy atom. The van der Waals surface area contributed by atoms with Crippen LogP contribution in [0.5, 0.6) is 0 Å². The largest absolute Gasteiger partial charge is 0.352 e. The maximum Gasteiger partial charge on any atom is 0.225 e. The van der Waals surface area contributed by atoms with Gasteiger partial charge in [-0.1, -0.05) is 18.2 Å². The molecule has 0 bridgehead atoms. The highest BCUT2D eigenvalue weighted by Gasteiger charge is 2.31. The van der Waals surface area contributed by atoms with Crippen molar-refractivity contribution in [1.82, 2.24) is 24.8 Å². The molecule has 0 radical (unpaired) electrons. The first-order valence-corrected chi connectivity index (χ1v) is 8.51. The highest BCUT2D eigenvalue weighted by Crippen LogP contribution is 2.17. The van der Waals surface area contributed by atoms with Crippen molar-refractivity contribution in [3.63, 3.8) is 0 Å². The second-order valence-corrected chi connectivity index (χ2v) is 6.52. The smallest absolute Gasteiger partial charge is 0.225 e. The highest BCUT2D eigenvalue weighted by atomic mass is 16.2. The predicted octanol–water partition coefficient (Wildman–Crippen LogP) is 1.51. The topological polar surface area (TPSA) is 80.1 Å². The number of rotatable bonds is 4. The van der Waals surface area contributed by atoms with Gasteiger partial charge < -0.3 is 10.2 Å². The summed E-state index contributed by atoms with van der Waals surface area (Å²) in [7, 11) is 1.72. The number of pyridine rings is 1. The number of hydrogen-bond donors (Lipinski definition) is 1. The monoisotopic (exact) mass is 349 g/mol. The molecule has 3 heterocycles. The van der Waals surface area contributed by atoms with Crippen LogP contribution in [0, 0.1) is 5.92 Å². The lowest BCUT2D eigenvalue weighted by Gasteiger charge is -2.11. The Kier molecular flexibility index (Phi) is 4.12. The van der Waals surface area contributed by atoms with E-state index in [4.69, 9.17) is 0 Å². The van der Waals surface area contributed by atoms with Gasteiger partial charge in [0.25, 0.3) is 0 Å². The van der Waals surface area contributed by atoms with Crippen LogP contribution >= 0.6 is 0 Å². The van der Waals surface area contributed by atoms with Gasteiger partial charge in [-0.15, -0.1) is 0 Å². The Hall–Kier alpha value is -3.22. The minimum Gasteiger partial charge on any atom is -0.352 e. The molecule has 1 atom stereocenters. The van der Waals surface area contributed by atoms with Gasteiger partial charge in [-0.3, -0.25) is 14.2 Å². The van der Waals surface area contributed by atoms with Crippen molar-refractivity contribution in [3.8, 4) is 5.82 Å². The number of likely N-dealkylation sites (tertiary alicyclic amines) is 1. The molecule has 26 heavy (non-hydrogen) atoms. The Bertz CT molecular complexity index is 963. The van der Waals surface area contributed by atoms with Crippen molar-refractivity contribution >= 4 is 22.8 Å². The summed E-state index contributed by atoms with van der Waals surface area (Å²) < 4.78 is 1.93. The Labute approximate surface area is 150 Å². The zero-order chi connectivity index (χ0) is 18.1. The first-order valence-electron chi connectivity index (χ1n) is 8.51. The SMILES string of the molecule is CN1C[C@@H](C(=O)NCc2ccc(-n3cnc4ccccc43)nc2)CC1=O. The van der Waals surface area contributed by atoms with Crippen LogP contribution in [0.25, 0.3) is 16.9 Å². The van der Waals surface area contributed by atoms with Crippen LogP contribution in [0.15, 0.2) is 48.9 Å². The molecule has 4 rings (SSSR count). The fourth-order valence-electron chi connectivity index (χ4n) is 3.18. The van der Waals surface area contributed by atoms with E-state index in [-0.39, 0.29) is 24.2 Å². The average Bonchev–Trinajstić information content (AvgIpc) is 3.24. The molecule has 2 amide bonds. The van der Waals surface area contributed by atoms with Crippen LogP contribution in [-0.4, -0.2) is 44.8 Å². The van der Waals surface area contributed by atoms with Crippen molar-refractivity contribution in [2.75, 3.05) is 13.6 Å². The summed E-state index contributed by atoms with van der Waals surface area (Å²) in [5.41, 5.74) is 2.82.